The topological polar surface area (TPSA) is 89.0 Å². The highest BCUT2D eigenvalue weighted by Gasteiger charge is 2.10. The summed E-state index contributed by atoms with van der Waals surface area (Å²) in [6.45, 7) is 1.64. The Balaban J connectivity index is 1.88. The molecule has 2 amide bonds. The van der Waals surface area contributed by atoms with Gasteiger partial charge in [0.1, 0.15) is 0 Å². The molecule has 0 aliphatic carbocycles. The predicted octanol–water partition coefficient (Wildman–Crippen LogP) is 4.07. The predicted molar refractivity (Wildman–Crippen MR) is 114 cm³/mol. The lowest BCUT2D eigenvalue weighted by Crippen LogP contribution is -2.23. The molecule has 0 aliphatic rings. The monoisotopic (exact) mass is 437 g/mol. The number of benzene rings is 2. The number of hydrogen-bond donors (Lipinski definition) is 2. The summed E-state index contributed by atoms with van der Waals surface area (Å²) in [7, 11) is 3.07. The molecule has 0 heterocycles. The van der Waals surface area contributed by atoms with Gasteiger partial charge in [0.2, 0.25) is 11.8 Å². The summed E-state index contributed by atoms with van der Waals surface area (Å²) >= 11 is 11.9. The Hall–Kier alpha value is -2.77. The van der Waals surface area contributed by atoms with E-state index in [0.29, 0.717) is 32.9 Å². The molecule has 0 fully saturated rings. The summed E-state index contributed by atoms with van der Waals surface area (Å²) in [6, 6.07) is 9.98. The first-order valence-corrected chi connectivity index (χ1v) is 9.35. The van der Waals surface area contributed by atoms with E-state index in [2.05, 4.69) is 15.8 Å². The van der Waals surface area contributed by atoms with Crippen molar-refractivity contribution in [2.24, 2.45) is 5.10 Å². The van der Waals surface area contributed by atoms with Gasteiger partial charge < -0.3 is 14.8 Å². The molecule has 7 nitrogen and oxygen atoms in total. The molecule has 0 unspecified atom stereocenters. The molecular weight excluding hydrogens is 417 g/mol. The Labute approximate surface area is 179 Å². The number of hydrazone groups is 1. The third kappa shape index (κ3) is 6.96. The molecule has 0 atom stereocenters. The van der Waals surface area contributed by atoms with E-state index in [9.17, 15) is 9.59 Å². The zero-order chi connectivity index (χ0) is 21.4. The van der Waals surface area contributed by atoms with E-state index in [1.54, 1.807) is 44.4 Å². The van der Waals surface area contributed by atoms with Crippen LogP contribution in [0.2, 0.25) is 10.0 Å². The lowest BCUT2D eigenvalue weighted by molar-refractivity contribution is -0.120. The maximum absolute atomic E-state index is 12.1. The van der Waals surface area contributed by atoms with Gasteiger partial charge in [0.25, 0.3) is 0 Å². The van der Waals surface area contributed by atoms with E-state index < -0.39 is 0 Å². The number of carbonyl (C=O) groups excluding carboxylic acids is 2. The van der Waals surface area contributed by atoms with E-state index in [1.807, 2.05) is 0 Å². The molecule has 0 aromatic heterocycles. The summed E-state index contributed by atoms with van der Waals surface area (Å²) in [4.78, 5) is 24.2. The number of amides is 2. The fourth-order valence-electron chi connectivity index (χ4n) is 2.43. The van der Waals surface area contributed by atoms with Gasteiger partial charge in [-0.05, 0) is 42.8 Å². The highest BCUT2D eigenvalue weighted by atomic mass is 35.5. The van der Waals surface area contributed by atoms with Crippen LogP contribution in [0.15, 0.2) is 41.5 Å². The SMILES string of the molecule is COc1ccc(CC(=O)N/N=C(/C)CC(=O)Nc2ccc(Cl)cc2Cl)cc1OC. The number of anilines is 1. The molecule has 0 aliphatic heterocycles. The van der Waals surface area contributed by atoms with Crippen molar-refractivity contribution in [2.45, 2.75) is 19.8 Å². The fourth-order valence-corrected chi connectivity index (χ4v) is 2.89. The Morgan fingerprint density at radius 2 is 1.72 bits per heavy atom. The molecule has 154 valence electrons. The number of methoxy groups -OCH3 is 2. The van der Waals surface area contributed by atoms with Gasteiger partial charge >= 0.3 is 0 Å². The van der Waals surface area contributed by atoms with Gasteiger partial charge in [0.05, 0.1) is 37.8 Å². The average molecular weight is 438 g/mol. The minimum Gasteiger partial charge on any atom is -0.493 e. The van der Waals surface area contributed by atoms with Crippen LogP contribution in [-0.2, 0) is 16.0 Å². The van der Waals surface area contributed by atoms with Crippen molar-refractivity contribution in [1.82, 2.24) is 5.43 Å². The van der Waals surface area contributed by atoms with Gasteiger partial charge in [-0.3, -0.25) is 9.59 Å². The second-order valence-corrected chi connectivity index (χ2v) is 6.94. The van der Waals surface area contributed by atoms with Crippen molar-refractivity contribution in [1.29, 1.82) is 0 Å². The minimum absolute atomic E-state index is 0.00437. The Kier molecular flexibility index (Phi) is 8.30. The standard InChI is InChI=1S/C20H21Cl2N3O4/c1-12(8-19(26)23-16-6-5-14(21)11-15(16)22)24-25-20(27)10-13-4-7-17(28-2)18(9-13)29-3/h4-7,9,11H,8,10H2,1-3H3,(H,23,26)(H,25,27)/b24-12-. The summed E-state index contributed by atoms with van der Waals surface area (Å²) < 4.78 is 10.4. The molecule has 0 saturated heterocycles. The molecule has 29 heavy (non-hydrogen) atoms. The summed E-state index contributed by atoms with van der Waals surface area (Å²) in [6.07, 6.45) is 0.0965. The fraction of sp³-hybridized carbons (Fsp3) is 0.250. The normalized spacial score (nSPS) is 11.0. The first-order valence-electron chi connectivity index (χ1n) is 8.60. The van der Waals surface area contributed by atoms with E-state index >= 15 is 0 Å². The van der Waals surface area contributed by atoms with E-state index in [0.717, 1.165) is 5.56 Å². The van der Waals surface area contributed by atoms with Gasteiger partial charge in [-0.1, -0.05) is 29.3 Å². The maximum atomic E-state index is 12.1. The number of rotatable bonds is 8. The van der Waals surface area contributed by atoms with Gasteiger partial charge in [-0.25, -0.2) is 5.43 Å². The smallest absolute Gasteiger partial charge is 0.244 e. The Bertz CT molecular complexity index is 932. The Morgan fingerprint density at radius 3 is 2.38 bits per heavy atom. The quantitative estimate of drug-likeness (QED) is 0.480. The second kappa shape index (κ2) is 10.7. The first-order chi connectivity index (χ1) is 13.8. The van der Waals surface area contributed by atoms with Gasteiger partial charge in [0, 0.05) is 10.7 Å². The van der Waals surface area contributed by atoms with Crippen LogP contribution >= 0.6 is 23.2 Å². The average Bonchev–Trinajstić information content (AvgIpc) is 2.68. The molecule has 9 heteroatoms. The number of carbonyl (C=O) groups is 2. The molecule has 2 rings (SSSR count). The molecule has 2 aromatic carbocycles. The lowest BCUT2D eigenvalue weighted by Gasteiger charge is -2.09. The molecular formula is C20H21Cl2N3O4. The zero-order valence-electron chi connectivity index (χ0n) is 16.2. The molecule has 0 radical (unpaired) electrons. The van der Waals surface area contributed by atoms with Crippen molar-refractivity contribution in [3.8, 4) is 11.5 Å². The molecule has 0 saturated carbocycles. The third-order valence-electron chi connectivity index (χ3n) is 3.81. The molecule has 0 spiro atoms. The van der Waals surface area contributed by atoms with Crippen molar-refractivity contribution >= 4 is 46.4 Å². The van der Waals surface area contributed by atoms with Crippen LogP contribution in [0.25, 0.3) is 0 Å². The van der Waals surface area contributed by atoms with E-state index in [1.165, 1.54) is 13.2 Å². The van der Waals surface area contributed by atoms with Crippen LogP contribution in [0.5, 0.6) is 11.5 Å². The highest BCUT2D eigenvalue weighted by molar-refractivity contribution is 6.36. The summed E-state index contributed by atoms with van der Waals surface area (Å²) in [5.74, 6) is 0.481. The molecule has 2 aromatic rings. The minimum atomic E-state index is -0.322. The number of hydrogen-bond acceptors (Lipinski definition) is 5. The van der Waals surface area contributed by atoms with Crippen LogP contribution < -0.4 is 20.2 Å². The van der Waals surface area contributed by atoms with E-state index in [4.69, 9.17) is 32.7 Å². The highest BCUT2D eigenvalue weighted by Crippen LogP contribution is 2.27. The Morgan fingerprint density at radius 1 is 1.00 bits per heavy atom. The molecule has 2 N–H and O–H groups in total. The van der Waals surface area contributed by atoms with Crippen molar-refractivity contribution in [3.63, 3.8) is 0 Å². The van der Waals surface area contributed by atoms with Crippen molar-refractivity contribution in [2.75, 3.05) is 19.5 Å². The van der Waals surface area contributed by atoms with Crippen molar-refractivity contribution in [3.05, 3.63) is 52.0 Å². The summed E-state index contributed by atoms with van der Waals surface area (Å²) in [5, 5.41) is 7.44. The van der Waals surface area contributed by atoms with Crippen molar-refractivity contribution < 1.29 is 19.1 Å². The van der Waals surface area contributed by atoms with Gasteiger partial charge in [-0.2, -0.15) is 5.10 Å². The number of halogens is 2. The first kappa shape index (κ1) is 22.5. The van der Waals surface area contributed by atoms with Crippen LogP contribution in [0.4, 0.5) is 5.69 Å². The summed E-state index contributed by atoms with van der Waals surface area (Å²) in [5.41, 5.74) is 4.07. The number of ether oxygens (including phenoxy) is 2. The van der Waals surface area contributed by atoms with E-state index in [-0.39, 0.29) is 24.7 Å². The van der Waals surface area contributed by atoms with Crippen LogP contribution in [0.1, 0.15) is 18.9 Å². The second-order valence-electron chi connectivity index (χ2n) is 6.10. The number of nitrogens with one attached hydrogen (secondary N) is 2. The lowest BCUT2D eigenvalue weighted by atomic mass is 10.1. The van der Waals surface area contributed by atoms with Crippen LogP contribution in [0, 0.1) is 0 Å². The largest absolute Gasteiger partial charge is 0.493 e. The zero-order valence-corrected chi connectivity index (χ0v) is 17.7. The van der Waals surface area contributed by atoms with Crippen LogP contribution in [-0.4, -0.2) is 31.7 Å². The maximum Gasteiger partial charge on any atom is 0.244 e. The number of nitrogens with zero attached hydrogens (tertiary/aromatic N) is 1. The molecule has 0 bridgehead atoms. The van der Waals surface area contributed by atoms with Crippen LogP contribution in [0.3, 0.4) is 0 Å². The third-order valence-corrected chi connectivity index (χ3v) is 4.35. The van der Waals surface area contributed by atoms with Gasteiger partial charge in [-0.15, -0.1) is 0 Å². The van der Waals surface area contributed by atoms with Gasteiger partial charge in [0.15, 0.2) is 11.5 Å².